The van der Waals surface area contributed by atoms with E-state index in [1.807, 2.05) is 0 Å². The zero-order chi connectivity index (χ0) is 71.4. The van der Waals surface area contributed by atoms with Crippen LogP contribution in [0.1, 0.15) is 143 Å². The third kappa shape index (κ3) is 12.2. The highest BCUT2D eigenvalue weighted by atomic mass is 16.5. The maximum Gasteiger partial charge on any atom is 0.137 e. The molecule has 5 nitrogen and oxygen atoms in total. The van der Waals surface area contributed by atoms with Gasteiger partial charge < -0.3 is 23.7 Å². The summed E-state index contributed by atoms with van der Waals surface area (Å²) >= 11 is 0. The number of benzene rings is 13. The van der Waals surface area contributed by atoms with Crippen LogP contribution in [0.2, 0.25) is 0 Å². The summed E-state index contributed by atoms with van der Waals surface area (Å²) in [6.07, 6.45) is 4.40. The summed E-state index contributed by atoms with van der Waals surface area (Å²) in [6.45, 7) is 32.2. The molecular formula is C98H94N4O. The standard InChI is InChI=1S/C98H94N4O/c1-15-20-63-28-32-65(33-29-63)67-36-44-73(45-37-67)99(75-22-17-24-77(60-75)101-88-51-40-69(95(3,4)5)56-83(88)84-57-70(96(6,7)8)41-52-89(84)101)79-48-49-80-81-50-55-87(82-26-19-27-92(94(81)82)103-93(80)62-79)100(74-46-38-68(39-47-74)66-34-30-64(21-16-2)31-35-66)76-23-18-25-78(61-76)102-90-53-42-71(97(9,10)11)58-85(90)86-59-72(98(12,13)14)43-54-91(86)102/h17-19,22-62H,15-16,20-21H2,1-14H3. The summed E-state index contributed by atoms with van der Waals surface area (Å²) < 4.78 is 12.3. The van der Waals surface area contributed by atoms with Gasteiger partial charge in [-0.2, -0.15) is 0 Å². The van der Waals surface area contributed by atoms with E-state index in [2.05, 4.69) is 383 Å². The molecule has 0 aliphatic carbocycles. The number of ether oxygens (including phenoxy) is 1. The van der Waals surface area contributed by atoms with E-state index < -0.39 is 0 Å². The fourth-order valence-electron chi connectivity index (χ4n) is 15.7. The minimum Gasteiger partial charge on any atom is -0.456 e. The first-order valence-electron chi connectivity index (χ1n) is 37.2. The van der Waals surface area contributed by atoms with E-state index in [1.165, 1.54) is 99.2 Å². The van der Waals surface area contributed by atoms with Crippen molar-refractivity contribution >= 4 is 88.5 Å². The Labute approximate surface area is 609 Å². The maximum absolute atomic E-state index is 7.35. The fourth-order valence-corrected chi connectivity index (χ4v) is 15.7. The molecule has 0 spiro atoms. The second kappa shape index (κ2) is 25.6. The molecule has 15 aromatic rings. The average molecular weight is 1340 g/mol. The van der Waals surface area contributed by atoms with Gasteiger partial charge >= 0.3 is 0 Å². The molecule has 0 amide bonds. The number of hydrogen-bond acceptors (Lipinski definition) is 3. The molecule has 1 aliphatic heterocycles. The lowest BCUT2D eigenvalue weighted by Gasteiger charge is -2.31. The first-order valence-corrected chi connectivity index (χ1v) is 37.2. The van der Waals surface area contributed by atoms with Crippen LogP contribution >= 0.6 is 0 Å². The molecule has 5 heteroatoms. The Morgan fingerprint density at radius 3 is 1.06 bits per heavy atom. The summed E-state index contributed by atoms with van der Waals surface area (Å²) in [5.74, 6) is 1.63. The van der Waals surface area contributed by atoms with Gasteiger partial charge in [0, 0.05) is 83.8 Å². The van der Waals surface area contributed by atoms with Gasteiger partial charge in [-0.1, -0.05) is 237 Å². The summed E-state index contributed by atoms with van der Waals surface area (Å²) in [6, 6.07) is 101. The molecule has 0 N–H and O–H groups in total. The van der Waals surface area contributed by atoms with Crippen molar-refractivity contribution in [2.24, 2.45) is 0 Å². The second-order valence-corrected chi connectivity index (χ2v) is 32.9. The molecule has 0 saturated heterocycles. The van der Waals surface area contributed by atoms with E-state index in [9.17, 15) is 0 Å². The third-order valence-electron chi connectivity index (χ3n) is 21.5. The van der Waals surface area contributed by atoms with Crippen molar-refractivity contribution < 1.29 is 4.74 Å². The Balaban J connectivity index is 0.831. The fraction of sp³-hybridized carbons (Fsp3) is 0.224. The van der Waals surface area contributed by atoms with Crippen molar-refractivity contribution in [1.29, 1.82) is 0 Å². The monoisotopic (exact) mass is 1340 g/mol. The van der Waals surface area contributed by atoms with Crippen LogP contribution in [0, 0.1) is 0 Å². The molecule has 0 radical (unpaired) electrons. The van der Waals surface area contributed by atoms with Gasteiger partial charge in [-0.05, 0) is 229 Å². The molecule has 0 unspecified atom stereocenters. The van der Waals surface area contributed by atoms with Crippen LogP contribution in [0.15, 0.2) is 267 Å². The molecule has 13 aromatic carbocycles. The molecule has 512 valence electrons. The van der Waals surface area contributed by atoms with E-state index in [-0.39, 0.29) is 21.7 Å². The zero-order valence-electron chi connectivity index (χ0n) is 62.4. The van der Waals surface area contributed by atoms with Crippen molar-refractivity contribution in [3.8, 4) is 56.3 Å². The van der Waals surface area contributed by atoms with Gasteiger partial charge in [0.2, 0.25) is 0 Å². The van der Waals surface area contributed by atoms with Crippen molar-refractivity contribution in [3.05, 3.63) is 300 Å². The maximum atomic E-state index is 7.35. The number of fused-ring (bicyclic) bond motifs is 8. The Morgan fingerprint density at radius 2 is 0.650 bits per heavy atom. The molecule has 16 rings (SSSR count). The zero-order valence-corrected chi connectivity index (χ0v) is 62.4. The molecule has 103 heavy (non-hydrogen) atoms. The predicted octanol–water partition coefficient (Wildman–Crippen LogP) is 28.2. The Hall–Kier alpha value is -10.9. The molecule has 1 aliphatic rings. The summed E-state index contributed by atoms with van der Waals surface area (Å²) in [7, 11) is 0. The predicted molar refractivity (Wildman–Crippen MR) is 441 cm³/mol. The number of nitrogens with zero attached hydrogens (tertiary/aromatic N) is 4. The molecule has 0 saturated carbocycles. The Bertz CT molecular complexity index is 5610. The van der Waals surface area contributed by atoms with Crippen LogP contribution in [0.25, 0.3) is 99.1 Å². The van der Waals surface area contributed by atoms with Gasteiger partial charge in [0.15, 0.2) is 0 Å². The van der Waals surface area contributed by atoms with E-state index in [4.69, 9.17) is 4.74 Å². The van der Waals surface area contributed by atoms with E-state index in [0.29, 0.717) is 0 Å². The molecule has 0 bridgehead atoms. The Morgan fingerprint density at radius 1 is 0.291 bits per heavy atom. The van der Waals surface area contributed by atoms with E-state index in [0.717, 1.165) is 105 Å². The van der Waals surface area contributed by atoms with Gasteiger partial charge in [-0.3, -0.25) is 0 Å². The van der Waals surface area contributed by atoms with Crippen LogP contribution in [0.4, 0.5) is 34.1 Å². The largest absolute Gasteiger partial charge is 0.456 e. The smallest absolute Gasteiger partial charge is 0.137 e. The molecule has 0 atom stereocenters. The first-order chi connectivity index (χ1) is 49.5. The van der Waals surface area contributed by atoms with Crippen LogP contribution < -0.4 is 14.5 Å². The van der Waals surface area contributed by atoms with E-state index in [1.54, 1.807) is 0 Å². The topological polar surface area (TPSA) is 25.6 Å². The highest BCUT2D eigenvalue weighted by molar-refractivity contribution is 6.13. The molecule has 3 heterocycles. The van der Waals surface area contributed by atoms with Crippen LogP contribution in [0.5, 0.6) is 11.5 Å². The average Bonchev–Trinajstić information content (AvgIpc) is 1.23. The molecule has 0 fully saturated rings. The van der Waals surface area contributed by atoms with Crippen molar-refractivity contribution in [3.63, 3.8) is 0 Å². The summed E-state index contributed by atoms with van der Waals surface area (Å²) in [4.78, 5) is 4.85. The van der Waals surface area contributed by atoms with Gasteiger partial charge in [-0.25, -0.2) is 0 Å². The van der Waals surface area contributed by atoms with Gasteiger partial charge in [-0.15, -0.1) is 0 Å². The highest BCUT2D eigenvalue weighted by Crippen LogP contribution is 2.53. The van der Waals surface area contributed by atoms with Crippen molar-refractivity contribution in [2.45, 2.75) is 144 Å². The minimum atomic E-state index is -0.0103. The molecule has 2 aromatic heterocycles. The minimum absolute atomic E-state index is 0.00891. The first kappa shape index (κ1) is 66.7. The number of rotatable bonds is 14. The number of aryl methyl sites for hydroxylation is 2. The highest BCUT2D eigenvalue weighted by Gasteiger charge is 2.29. The van der Waals surface area contributed by atoms with E-state index >= 15 is 0 Å². The SMILES string of the molecule is CCCc1ccc(-c2ccc(N(c3cccc(-n4c5ccc(C(C)(C)C)cc5c5cc(C(C)(C)C)ccc54)c3)c3ccc4c(c3)Oc3cccc5c(N(c6ccc(-c7ccc(CCC)cc7)cc6)c6cccc(-n7c8ccc(C(C)(C)C)cc8c8cc(C(C)(C)C)ccc87)c6)ccc-4c35)cc2)cc1. The van der Waals surface area contributed by atoms with Crippen LogP contribution in [-0.2, 0) is 34.5 Å². The van der Waals surface area contributed by atoms with Crippen molar-refractivity contribution in [1.82, 2.24) is 9.13 Å². The summed E-state index contributed by atoms with van der Waals surface area (Å²) in [5.41, 5.74) is 28.1. The van der Waals surface area contributed by atoms with Gasteiger partial charge in [0.05, 0.1) is 27.8 Å². The third-order valence-corrected chi connectivity index (χ3v) is 21.5. The quantitative estimate of drug-likeness (QED) is 0.109. The Kier molecular flexibility index (Phi) is 16.5. The van der Waals surface area contributed by atoms with Gasteiger partial charge in [0.25, 0.3) is 0 Å². The lowest BCUT2D eigenvalue weighted by molar-refractivity contribution is 0.487. The number of anilines is 6. The normalized spacial score (nSPS) is 12.6. The van der Waals surface area contributed by atoms with Gasteiger partial charge in [0.1, 0.15) is 11.5 Å². The molecular weight excluding hydrogens is 1250 g/mol. The van der Waals surface area contributed by atoms with Crippen molar-refractivity contribution in [2.75, 3.05) is 9.80 Å². The lowest BCUT2D eigenvalue weighted by Crippen LogP contribution is -2.12. The summed E-state index contributed by atoms with van der Waals surface area (Å²) in [5, 5.41) is 7.25. The number of hydrogen-bond donors (Lipinski definition) is 0. The van der Waals surface area contributed by atoms with Crippen LogP contribution in [-0.4, -0.2) is 9.13 Å². The number of aromatic nitrogens is 2. The second-order valence-electron chi connectivity index (χ2n) is 32.9. The lowest BCUT2D eigenvalue weighted by atomic mass is 9.85. The van der Waals surface area contributed by atoms with Crippen LogP contribution in [0.3, 0.4) is 0 Å².